The van der Waals surface area contributed by atoms with Crippen LogP contribution in [0.5, 0.6) is 5.75 Å². The molecule has 0 radical (unpaired) electrons. The zero-order valence-electron chi connectivity index (χ0n) is 11.8. The van der Waals surface area contributed by atoms with Crippen LogP contribution in [0.1, 0.15) is 5.56 Å². The molecule has 1 heterocycles. The second kappa shape index (κ2) is 6.06. The molecule has 23 heavy (non-hydrogen) atoms. The first-order chi connectivity index (χ1) is 11.1. The Bertz CT molecular complexity index is 874. The minimum atomic E-state index is -0.652. The molecule has 0 saturated carbocycles. The number of phenolic OH excluding ortho intramolecular Hbond substituents is 1. The normalized spacial score (nSPS) is 11.0. The van der Waals surface area contributed by atoms with Gasteiger partial charge < -0.3 is 5.11 Å². The maximum absolute atomic E-state index is 10.8. The number of aromatic nitrogens is 3. The van der Waals surface area contributed by atoms with Gasteiger partial charge in [-0.05, 0) is 12.1 Å². The Morgan fingerprint density at radius 3 is 2.74 bits per heavy atom. The van der Waals surface area contributed by atoms with Crippen molar-refractivity contribution in [3.05, 3.63) is 70.5 Å². The summed E-state index contributed by atoms with van der Waals surface area (Å²) in [7, 11) is 0. The van der Waals surface area contributed by atoms with Crippen LogP contribution in [0.15, 0.2) is 60.0 Å². The standard InChI is InChI=1S/C15H11N5O3/c21-14-7-6-11(8-13(14)20(22)23)9-17-19-10-16-18-15(19)12-4-2-1-3-5-12/h1-10,21H/b17-9+. The van der Waals surface area contributed by atoms with E-state index in [0.29, 0.717) is 11.4 Å². The zero-order chi connectivity index (χ0) is 16.2. The third-order valence-corrected chi connectivity index (χ3v) is 3.09. The van der Waals surface area contributed by atoms with Gasteiger partial charge in [-0.2, -0.15) is 9.78 Å². The second-order valence-corrected chi connectivity index (χ2v) is 4.61. The number of hydrogen-bond acceptors (Lipinski definition) is 6. The van der Waals surface area contributed by atoms with Crippen LogP contribution in [0.3, 0.4) is 0 Å². The molecule has 114 valence electrons. The van der Waals surface area contributed by atoms with Crippen LogP contribution in [-0.2, 0) is 0 Å². The summed E-state index contributed by atoms with van der Waals surface area (Å²) < 4.78 is 1.47. The summed E-state index contributed by atoms with van der Waals surface area (Å²) >= 11 is 0. The molecule has 1 aromatic heterocycles. The highest BCUT2D eigenvalue weighted by Gasteiger charge is 2.13. The molecule has 3 aromatic rings. The third kappa shape index (κ3) is 3.05. The van der Waals surface area contributed by atoms with Gasteiger partial charge in [-0.3, -0.25) is 10.1 Å². The van der Waals surface area contributed by atoms with Crippen LogP contribution < -0.4 is 0 Å². The molecule has 0 saturated heterocycles. The van der Waals surface area contributed by atoms with Gasteiger partial charge in [0.25, 0.3) is 0 Å². The highest BCUT2D eigenvalue weighted by Crippen LogP contribution is 2.25. The van der Waals surface area contributed by atoms with Crippen molar-refractivity contribution in [2.45, 2.75) is 0 Å². The summed E-state index contributed by atoms with van der Waals surface area (Å²) in [5.41, 5.74) is 0.946. The lowest BCUT2D eigenvalue weighted by Crippen LogP contribution is -1.95. The molecule has 0 fully saturated rings. The highest BCUT2D eigenvalue weighted by molar-refractivity contribution is 5.81. The fourth-order valence-electron chi connectivity index (χ4n) is 1.99. The van der Waals surface area contributed by atoms with E-state index in [-0.39, 0.29) is 11.4 Å². The minimum Gasteiger partial charge on any atom is -0.502 e. The molecular weight excluding hydrogens is 298 g/mol. The van der Waals surface area contributed by atoms with E-state index in [2.05, 4.69) is 15.3 Å². The Morgan fingerprint density at radius 2 is 2.00 bits per heavy atom. The zero-order valence-corrected chi connectivity index (χ0v) is 11.8. The minimum absolute atomic E-state index is 0.374. The van der Waals surface area contributed by atoms with Crippen molar-refractivity contribution < 1.29 is 10.0 Å². The summed E-state index contributed by atoms with van der Waals surface area (Å²) in [6.45, 7) is 0. The van der Waals surface area contributed by atoms with E-state index in [0.717, 1.165) is 5.56 Å². The quantitative estimate of drug-likeness (QED) is 0.452. The van der Waals surface area contributed by atoms with Crippen molar-refractivity contribution in [2.75, 3.05) is 0 Å². The van der Waals surface area contributed by atoms with E-state index >= 15 is 0 Å². The monoisotopic (exact) mass is 309 g/mol. The van der Waals surface area contributed by atoms with E-state index in [4.69, 9.17) is 0 Å². The number of aromatic hydroxyl groups is 1. The van der Waals surface area contributed by atoms with Crippen molar-refractivity contribution in [2.24, 2.45) is 5.10 Å². The number of nitro benzene ring substituents is 1. The average Bonchev–Trinajstić information content (AvgIpc) is 3.03. The molecule has 3 rings (SSSR count). The fourth-order valence-corrected chi connectivity index (χ4v) is 1.99. The molecule has 0 spiro atoms. The number of rotatable bonds is 4. The maximum atomic E-state index is 10.8. The molecule has 0 bridgehead atoms. The predicted octanol–water partition coefficient (Wildman–Crippen LogP) is 2.44. The molecule has 0 aliphatic carbocycles. The molecule has 1 N–H and O–H groups in total. The van der Waals surface area contributed by atoms with Crippen LogP contribution >= 0.6 is 0 Å². The molecule has 0 atom stereocenters. The summed E-state index contributed by atoms with van der Waals surface area (Å²) in [5.74, 6) is 0.163. The maximum Gasteiger partial charge on any atom is 0.311 e. The van der Waals surface area contributed by atoms with Crippen LogP contribution in [-0.4, -0.2) is 31.1 Å². The third-order valence-electron chi connectivity index (χ3n) is 3.09. The van der Waals surface area contributed by atoms with Gasteiger partial charge in [0.15, 0.2) is 11.6 Å². The van der Waals surface area contributed by atoms with Gasteiger partial charge in [0, 0.05) is 17.2 Å². The largest absolute Gasteiger partial charge is 0.502 e. The van der Waals surface area contributed by atoms with E-state index in [1.54, 1.807) is 0 Å². The van der Waals surface area contributed by atoms with E-state index < -0.39 is 4.92 Å². The van der Waals surface area contributed by atoms with E-state index in [1.807, 2.05) is 30.3 Å². The fraction of sp³-hybridized carbons (Fsp3) is 0. The van der Waals surface area contributed by atoms with Crippen LogP contribution in [0, 0.1) is 10.1 Å². The van der Waals surface area contributed by atoms with E-state index in [1.165, 1.54) is 35.4 Å². The number of benzene rings is 2. The molecule has 2 aromatic carbocycles. The molecule has 0 aliphatic heterocycles. The van der Waals surface area contributed by atoms with Crippen LogP contribution in [0.4, 0.5) is 5.69 Å². The van der Waals surface area contributed by atoms with Gasteiger partial charge in [-0.1, -0.05) is 30.3 Å². The average molecular weight is 309 g/mol. The highest BCUT2D eigenvalue weighted by atomic mass is 16.6. The molecule has 0 aliphatic rings. The van der Waals surface area contributed by atoms with Crippen LogP contribution in [0.25, 0.3) is 11.4 Å². The second-order valence-electron chi connectivity index (χ2n) is 4.61. The van der Waals surface area contributed by atoms with Crippen molar-refractivity contribution in [3.8, 4) is 17.1 Å². The summed E-state index contributed by atoms with van der Waals surface area (Å²) in [4.78, 5) is 10.2. The first-order valence-corrected chi connectivity index (χ1v) is 6.62. The van der Waals surface area contributed by atoms with E-state index in [9.17, 15) is 15.2 Å². The number of hydrogen-bond donors (Lipinski definition) is 1. The Hall–Kier alpha value is -3.55. The lowest BCUT2D eigenvalue weighted by molar-refractivity contribution is -0.385. The summed E-state index contributed by atoms with van der Waals surface area (Å²) in [6.07, 6.45) is 2.87. The smallest absolute Gasteiger partial charge is 0.311 e. The first kappa shape index (κ1) is 14.4. The molecule has 8 nitrogen and oxygen atoms in total. The van der Waals surface area contributed by atoms with Gasteiger partial charge >= 0.3 is 5.69 Å². The van der Waals surface area contributed by atoms with Gasteiger partial charge in [-0.25, -0.2) is 0 Å². The van der Waals surface area contributed by atoms with Crippen LogP contribution in [0.2, 0.25) is 0 Å². The number of nitro groups is 1. The Kier molecular flexibility index (Phi) is 3.79. The van der Waals surface area contributed by atoms with Crippen molar-refractivity contribution in [1.82, 2.24) is 14.9 Å². The summed E-state index contributed by atoms with van der Waals surface area (Å²) in [6, 6.07) is 13.4. The van der Waals surface area contributed by atoms with Gasteiger partial charge in [-0.15, -0.1) is 10.2 Å². The number of phenols is 1. The molecule has 0 unspecified atom stereocenters. The Morgan fingerprint density at radius 1 is 1.22 bits per heavy atom. The topological polar surface area (TPSA) is 106 Å². The van der Waals surface area contributed by atoms with Gasteiger partial charge in [0.1, 0.15) is 6.33 Å². The Labute approximate surface area is 130 Å². The van der Waals surface area contributed by atoms with Crippen molar-refractivity contribution in [3.63, 3.8) is 0 Å². The summed E-state index contributed by atoms with van der Waals surface area (Å²) in [5, 5.41) is 32.3. The predicted molar refractivity (Wildman–Crippen MR) is 83.2 cm³/mol. The van der Waals surface area contributed by atoms with Crippen molar-refractivity contribution in [1.29, 1.82) is 0 Å². The SMILES string of the molecule is O=[N+]([O-])c1cc(/C=N/n2cnnc2-c2ccccc2)ccc1O. The molecule has 8 heteroatoms. The lowest BCUT2D eigenvalue weighted by Gasteiger charge is -2.00. The molecule has 0 amide bonds. The number of nitrogens with zero attached hydrogens (tertiary/aromatic N) is 5. The Balaban J connectivity index is 1.92. The van der Waals surface area contributed by atoms with Crippen molar-refractivity contribution >= 4 is 11.9 Å². The molecular formula is C15H11N5O3. The lowest BCUT2D eigenvalue weighted by atomic mass is 10.2. The first-order valence-electron chi connectivity index (χ1n) is 6.62. The van der Waals surface area contributed by atoms with Gasteiger partial charge in [0.05, 0.1) is 11.1 Å². The van der Waals surface area contributed by atoms with Gasteiger partial charge in [0.2, 0.25) is 0 Å².